The van der Waals surface area contributed by atoms with E-state index in [9.17, 15) is 4.79 Å². The Morgan fingerprint density at radius 2 is 2.09 bits per heavy atom. The summed E-state index contributed by atoms with van der Waals surface area (Å²) < 4.78 is 5.35. The lowest BCUT2D eigenvalue weighted by Crippen LogP contribution is -2.28. The fourth-order valence-electron chi connectivity index (χ4n) is 2.38. The quantitative estimate of drug-likeness (QED) is 0.838. The Morgan fingerprint density at radius 3 is 2.65 bits per heavy atom. The van der Waals surface area contributed by atoms with Crippen LogP contribution >= 0.6 is 0 Å². The summed E-state index contributed by atoms with van der Waals surface area (Å²) in [5.74, 6) is 1.59. The van der Waals surface area contributed by atoms with Crippen molar-refractivity contribution in [2.45, 2.75) is 26.3 Å². The second kappa shape index (κ2) is 5.98. The van der Waals surface area contributed by atoms with Crippen LogP contribution in [-0.4, -0.2) is 47.1 Å². The lowest BCUT2D eigenvalue weighted by atomic mass is 10.1. The fraction of sp³-hybridized carbons (Fsp3) is 0.500. The first kappa shape index (κ1) is 15.5. The first-order valence-corrected chi connectivity index (χ1v) is 7.67. The minimum Gasteiger partial charge on any atom is -0.356 e. The van der Waals surface area contributed by atoms with Gasteiger partial charge in [0.2, 0.25) is 11.9 Å². The SMILES string of the molecule is Cc1cc(-c2cnc(N(C)C)nc2CN(C)C(=O)C2CC2)on1. The number of rotatable bonds is 5. The molecule has 0 unspecified atom stereocenters. The number of hydrogen-bond acceptors (Lipinski definition) is 6. The second-order valence-corrected chi connectivity index (χ2v) is 6.23. The Kier molecular flexibility index (Phi) is 4.02. The Balaban J connectivity index is 1.93. The average molecular weight is 315 g/mol. The highest BCUT2D eigenvalue weighted by atomic mass is 16.5. The van der Waals surface area contributed by atoms with E-state index in [0.29, 0.717) is 18.3 Å². The smallest absolute Gasteiger partial charge is 0.225 e. The molecule has 1 saturated carbocycles. The molecule has 1 aliphatic carbocycles. The zero-order valence-corrected chi connectivity index (χ0v) is 13.9. The van der Waals surface area contributed by atoms with E-state index < -0.39 is 0 Å². The van der Waals surface area contributed by atoms with Crippen molar-refractivity contribution in [1.82, 2.24) is 20.0 Å². The molecule has 3 rings (SSSR count). The van der Waals surface area contributed by atoms with Crippen molar-refractivity contribution in [3.05, 3.63) is 23.7 Å². The van der Waals surface area contributed by atoms with Crippen molar-refractivity contribution in [2.75, 3.05) is 26.0 Å². The van der Waals surface area contributed by atoms with Gasteiger partial charge in [-0.25, -0.2) is 9.97 Å². The molecule has 0 bridgehead atoms. The predicted molar refractivity (Wildman–Crippen MR) is 85.8 cm³/mol. The summed E-state index contributed by atoms with van der Waals surface area (Å²) in [7, 11) is 5.58. The van der Waals surface area contributed by atoms with Crippen LogP contribution in [0, 0.1) is 12.8 Å². The van der Waals surface area contributed by atoms with Crippen LogP contribution in [0.5, 0.6) is 0 Å². The van der Waals surface area contributed by atoms with E-state index >= 15 is 0 Å². The Hall–Kier alpha value is -2.44. The molecule has 0 atom stereocenters. The lowest BCUT2D eigenvalue weighted by Gasteiger charge is -2.19. The number of aromatic nitrogens is 3. The molecule has 0 saturated heterocycles. The largest absolute Gasteiger partial charge is 0.356 e. The minimum absolute atomic E-state index is 0.176. The van der Waals surface area contributed by atoms with Crippen molar-refractivity contribution in [3.63, 3.8) is 0 Å². The number of carbonyl (C=O) groups is 1. The van der Waals surface area contributed by atoms with Gasteiger partial charge in [-0.2, -0.15) is 0 Å². The molecule has 0 spiro atoms. The summed E-state index contributed by atoms with van der Waals surface area (Å²) in [5.41, 5.74) is 2.33. The third kappa shape index (κ3) is 3.33. The zero-order valence-electron chi connectivity index (χ0n) is 13.9. The van der Waals surface area contributed by atoms with Crippen molar-refractivity contribution >= 4 is 11.9 Å². The van der Waals surface area contributed by atoms with Gasteiger partial charge in [0.1, 0.15) is 0 Å². The number of anilines is 1. The molecular formula is C16H21N5O2. The molecule has 2 aromatic rings. The molecule has 2 aromatic heterocycles. The Labute approximate surface area is 135 Å². The van der Waals surface area contributed by atoms with E-state index in [1.165, 1.54) is 0 Å². The van der Waals surface area contributed by atoms with Gasteiger partial charge in [0.05, 0.1) is 23.5 Å². The molecule has 1 amide bonds. The van der Waals surface area contributed by atoms with E-state index in [0.717, 1.165) is 29.8 Å². The summed E-state index contributed by atoms with van der Waals surface area (Å²) in [6, 6.07) is 1.85. The van der Waals surface area contributed by atoms with Gasteiger partial charge in [-0.15, -0.1) is 0 Å². The highest BCUT2D eigenvalue weighted by Gasteiger charge is 2.32. The van der Waals surface area contributed by atoms with Gasteiger partial charge in [-0.05, 0) is 19.8 Å². The fourth-order valence-corrected chi connectivity index (χ4v) is 2.38. The van der Waals surface area contributed by atoms with E-state index in [-0.39, 0.29) is 11.8 Å². The summed E-state index contributed by atoms with van der Waals surface area (Å²) in [5, 5.41) is 3.92. The van der Waals surface area contributed by atoms with Crippen LogP contribution < -0.4 is 4.90 Å². The van der Waals surface area contributed by atoms with Gasteiger partial charge < -0.3 is 14.3 Å². The van der Waals surface area contributed by atoms with Crippen molar-refractivity contribution in [2.24, 2.45) is 5.92 Å². The zero-order chi connectivity index (χ0) is 16.6. The maximum absolute atomic E-state index is 12.2. The van der Waals surface area contributed by atoms with Crippen molar-refractivity contribution < 1.29 is 9.32 Å². The normalized spacial score (nSPS) is 13.9. The number of carbonyl (C=O) groups excluding carboxylic acids is 1. The Morgan fingerprint density at radius 1 is 1.35 bits per heavy atom. The molecule has 1 aliphatic rings. The molecule has 0 N–H and O–H groups in total. The van der Waals surface area contributed by atoms with Crippen LogP contribution in [-0.2, 0) is 11.3 Å². The number of hydrogen-bond donors (Lipinski definition) is 0. The van der Waals surface area contributed by atoms with E-state index in [4.69, 9.17) is 4.52 Å². The maximum atomic E-state index is 12.2. The molecule has 0 aliphatic heterocycles. The highest BCUT2D eigenvalue weighted by molar-refractivity contribution is 5.81. The molecule has 0 aromatic carbocycles. The Bertz CT molecular complexity index is 721. The number of amides is 1. The van der Waals surface area contributed by atoms with Crippen molar-refractivity contribution in [1.29, 1.82) is 0 Å². The summed E-state index contributed by atoms with van der Waals surface area (Å²) >= 11 is 0. The first-order valence-electron chi connectivity index (χ1n) is 7.67. The van der Waals surface area contributed by atoms with Crippen LogP contribution in [0.25, 0.3) is 11.3 Å². The van der Waals surface area contributed by atoms with Gasteiger partial charge in [-0.3, -0.25) is 4.79 Å². The summed E-state index contributed by atoms with van der Waals surface area (Å²) in [6.07, 6.45) is 3.71. The molecule has 7 nitrogen and oxygen atoms in total. The molecule has 23 heavy (non-hydrogen) atoms. The molecule has 0 radical (unpaired) electrons. The van der Waals surface area contributed by atoms with Gasteiger partial charge >= 0.3 is 0 Å². The maximum Gasteiger partial charge on any atom is 0.225 e. The van der Waals surface area contributed by atoms with E-state index in [1.54, 1.807) is 11.1 Å². The third-order valence-corrected chi connectivity index (χ3v) is 3.84. The van der Waals surface area contributed by atoms with Crippen molar-refractivity contribution in [3.8, 4) is 11.3 Å². The molecule has 2 heterocycles. The molecule has 1 fully saturated rings. The van der Waals surface area contributed by atoms with E-state index in [2.05, 4.69) is 15.1 Å². The summed E-state index contributed by atoms with van der Waals surface area (Å²) in [4.78, 5) is 24.7. The summed E-state index contributed by atoms with van der Waals surface area (Å²) in [6.45, 7) is 2.29. The van der Waals surface area contributed by atoms with Crippen LogP contribution in [0.2, 0.25) is 0 Å². The van der Waals surface area contributed by atoms with Crippen LogP contribution in [0.15, 0.2) is 16.8 Å². The minimum atomic E-state index is 0.176. The topological polar surface area (TPSA) is 75.4 Å². The van der Waals surface area contributed by atoms with E-state index in [1.807, 2.05) is 39.0 Å². The lowest BCUT2D eigenvalue weighted by molar-refractivity contribution is -0.131. The average Bonchev–Trinajstić information content (AvgIpc) is 3.28. The predicted octanol–water partition coefficient (Wildman–Crippen LogP) is 1.87. The highest BCUT2D eigenvalue weighted by Crippen LogP contribution is 2.32. The first-order chi connectivity index (χ1) is 11.0. The molecule has 122 valence electrons. The number of aryl methyl sites for hydroxylation is 1. The third-order valence-electron chi connectivity index (χ3n) is 3.84. The monoisotopic (exact) mass is 315 g/mol. The standard InChI is InChI=1S/C16H21N5O2/c1-10-7-14(23-19-10)12-8-17-16(20(2)3)18-13(12)9-21(4)15(22)11-5-6-11/h7-8,11H,5-6,9H2,1-4H3. The molecule has 7 heteroatoms. The molecular weight excluding hydrogens is 294 g/mol. The van der Waals surface area contributed by atoms with Crippen LogP contribution in [0.3, 0.4) is 0 Å². The van der Waals surface area contributed by atoms with Gasteiger partial charge in [0.15, 0.2) is 5.76 Å². The van der Waals surface area contributed by atoms with Gasteiger partial charge in [-0.1, -0.05) is 5.16 Å². The van der Waals surface area contributed by atoms with Gasteiger partial charge in [0.25, 0.3) is 0 Å². The van der Waals surface area contributed by atoms with Crippen LogP contribution in [0.4, 0.5) is 5.95 Å². The second-order valence-electron chi connectivity index (χ2n) is 6.23. The number of nitrogens with zero attached hydrogens (tertiary/aromatic N) is 5. The van der Waals surface area contributed by atoms with Gasteiger partial charge in [0, 0.05) is 39.3 Å². The van der Waals surface area contributed by atoms with Crippen LogP contribution in [0.1, 0.15) is 24.2 Å².